The first-order valence-electron chi connectivity index (χ1n) is 7.84. The van der Waals surface area contributed by atoms with Crippen molar-refractivity contribution in [2.24, 2.45) is 0 Å². The van der Waals surface area contributed by atoms with Crippen LogP contribution in [0.4, 0.5) is 0 Å². The van der Waals surface area contributed by atoms with Crippen molar-refractivity contribution in [2.75, 3.05) is 0 Å². The molecule has 1 saturated heterocycles. The highest BCUT2D eigenvalue weighted by Gasteiger charge is 2.37. The highest BCUT2D eigenvalue weighted by Crippen LogP contribution is 2.17. The first-order valence-corrected chi connectivity index (χ1v) is 7.84. The monoisotopic (exact) mass is 308 g/mol. The van der Waals surface area contributed by atoms with E-state index in [9.17, 15) is 9.59 Å². The molecule has 0 radical (unpaired) electrons. The molecule has 1 fully saturated rings. The van der Waals surface area contributed by atoms with Gasteiger partial charge in [0.2, 0.25) is 11.8 Å². The normalized spacial score (nSPS) is 21.2. The summed E-state index contributed by atoms with van der Waals surface area (Å²) in [6.45, 7) is 2.23. The molecule has 2 aromatic rings. The van der Waals surface area contributed by atoms with Crippen LogP contribution in [0.5, 0.6) is 0 Å². The van der Waals surface area contributed by atoms with E-state index in [1.807, 2.05) is 60.7 Å². The number of nitrogens with zero attached hydrogens (tertiary/aromatic N) is 1. The molecular formula is C19H20N2O2. The molecule has 1 heterocycles. The lowest BCUT2D eigenvalue weighted by molar-refractivity contribution is -0.149. The molecule has 0 unspecified atom stereocenters. The summed E-state index contributed by atoms with van der Waals surface area (Å²) in [5.74, 6) is -0.119. The number of amides is 2. The van der Waals surface area contributed by atoms with Crippen LogP contribution in [0.25, 0.3) is 0 Å². The highest BCUT2D eigenvalue weighted by molar-refractivity contribution is 5.96. The summed E-state index contributed by atoms with van der Waals surface area (Å²) in [4.78, 5) is 26.7. The lowest BCUT2D eigenvalue weighted by Crippen LogP contribution is -2.62. The minimum atomic E-state index is -0.496. The van der Waals surface area contributed by atoms with E-state index in [2.05, 4.69) is 5.32 Å². The Labute approximate surface area is 136 Å². The van der Waals surface area contributed by atoms with E-state index in [0.717, 1.165) is 11.1 Å². The fourth-order valence-corrected chi connectivity index (χ4v) is 2.87. The standard InChI is InChI=1S/C19H20N2O2/c1-14-18(22)20-17(12-15-8-4-2-5-9-15)19(23)21(14)13-16-10-6-3-7-11-16/h2-11,14,17H,12-13H2,1H3,(H,20,22)/t14-,17+/m1/s1. The summed E-state index contributed by atoms with van der Waals surface area (Å²) in [5, 5.41) is 2.85. The van der Waals surface area contributed by atoms with Crippen molar-refractivity contribution in [3.8, 4) is 0 Å². The van der Waals surface area contributed by atoms with E-state index in [-0.39, 0.29) is 11.8 Å². The number of nitrogens with one attached hydrogen (secondary N) is 1. The quantitative estimate of drug-likeness (QED) is 0.941. The van der Waals surface area contributed by atoms with Crippen LogP contribution in [0.3, 0.4) is 0 Å². The second-order valence-electron chi connectivity index (χ2n) is 5.88. The van der Waals surface area contributed by atoms with Gasteiger partial charge in [-0.2, -0.15) is 0 Å². The van der Waals surface area contributed by atoms with Crippen molar-refractivity contribution in [1.82, 2.24) is 10.2 Å². The molecule has 4 heteroatoms. The van der Waals surface area contributed by atoms with Crippen molar-refractivity contribution in [2.45, 2.75) is 32.0 Å². The molecule has 1 aliphatic rings. The summed E-state index contributed by atoms with van der Waals surface area (Å²) in [6.07, 6.45) is 0.517. The Kier molecular flexibility index (Phi) is 4.42. The molecule has 0 bridgehead atoms. The van der Waals surface area contributed by atoms with Crippen LogP contribution in [0.2, 0.25) is 0 Å². The number of carbonyl (C=O) groups excluding carboxylic acids is 2. The van der Waals surface area contributed by atoms with Crippen LogP contribution < -0.4 is 5.32 Å². The van der Waals surface area contributed by atoms with Crippen LogP contribution in [0.15, 0.2) is 60.7 Å². The zero-order valence-electron chi connectivity index (χ0n) is 13.1. The molecule has 0 saturated carbocycles. The van der Waals surface area contributed by atoms with Gasteiger partial charge in [-0.3, -0.25) is 9.59 Å². The number of benzene rings is 2. The zero-order valence-corrected chi connectivity index (χ0v) is 13.1. The minimum Gasteiger partial charge on any atom is -0.342 e. The third kappa shape index (κ3) is 3.42. The number of rotatable bonds is 4. The van der Waals surface area contributed by atoms with Crippen molar-refractivity contribution in [1.29, 1.82) is 0 Å². The van der Waals surface area contributed by atoms with Crippen LogP contribution in [-0.2, 0) is 22.6 Å². The second kappa shape index (κ2) is 6.65. The van der Waals surface area contributed by atoms with Gasteiger partial charge < -0.3 is 10.2 Å². The zero-order chi connectivity index (χ0) is 16.2. The molecule has 1 aliphatic heterocycles. The number of piperazine rings is 1. The number of hydrogen-bond acceptors (Lipinski definition) is 2. The maximum Gasteiger partial charge on any atom is 0.246 e. The lowest BCUT2D eigenvalue weighted by Gasteiger charge is -2.37. The second-order valence-corrected chi connectivity index (χ2v) is 5.88. The first-order chi connectivity index (χ1) is 11.1. The smallest absolute Gasteiger partial charge is 0.246 e. The first kappa shape index (κ1) is 15.3. The van der Waals surface area contributed by atoms with Crippen LogP contribution in [0, 0.1) is 0 Å². The molecular weight excluding hydrogens is 288 g/mol. The molecule has 1 N–H and O–H groups in total. The van der Waals surface area contributed by atoms with Crippen LogP contribution in [-0.4, -0.2) is 28.8 Å². The molecule has 2 atom stereocenters. The predicted molar refractivity (Wildman–Crippen MR) is 88.5 cm³/mol. The maximum atomic E-state index is 12.8. The van der Waals surface area contributed by atoms with E-state index < -0.39 is 12.1 Å². The Morgan fingerprint density at radius 1 is 0.913 bits per heavy atom. The topological polar surface area (TPSA) is 49.4 Å². The molecule has 2 aromatic carbocycles. The molecule has 2 amide bonds. The Morgan fingerprint density at radius 2 is 1.48 bits per heavy atom. The molecule has 3 rings (SSSR count). The summed E-state index contributed by atoms with van der Waals surface area (Å²) in [6, 6.07) is 18.6. The number of carbonyl (C=O) groups is 2. The van der Waals surface area contributed by atoms with Gasteiger partial charge in [0.15, 0.2) is 0 Å². The molecule has 23 heavy (non-hydrogen) atoms. The highest BCUT2D eigenvalue weighted by atomic mass is 16.2. The Hall–Kier alpha value is -2.62. The van der Waals surface area contributed by atoms with E-state index in [4.69, 9.17) is 0 Å². The van der Waals surface area contributed by atoms with Gasteiger partial charge in [0.05, 0.1) is 0 Å². The molecule has 0 spiro atoms. The molecule has 0 aliphatic carbocycles. The summed E-state index contributed by atoms with van der Waals surface area (Å²) < 4.78 is 0. The SMILES string of the molecule is C[C@@H]1C(=O)N[C@@H](Cc2ccccc2)C(=O)N1Cc1ccccc1. The fraction of sp³-hybridized carbons (Fsp3) is 0.263. The summed E-state index contributed by atoms with van der Waals surface area (Å²) >= 11 is 0. The third-order valence-corrected chi connectivity index (χ3v) is 4.22. The molecule has 118 valence electrons. The maximum absolute atomic E-state index is 12.8. The van der Waals surface area contributed by atoms with Gasteiger partial charge in [0.1, 0.15) is 12.1 Å². The van der Waals surface area contributed by atoms with E-state index in [0.29, 0.717) is 13.0 Å². The molecule has 4 nitrogen and oxygen atoms in total. The lowest BCUT2D eigenvalue weighted by atomic mass is 10.00. The average Bonchev–Trinajstić information content (AvgIpc) is 2.58. The van der Waals surface area contributed by atoms with Gasteiger partial charge in [0.25, 0.3) is 0 Å². The van der Waals surface area contributed by atoms with Gasteiger partial charge in [-0.1, -0.05) is 60.7 Å². The van der Waals surface area contributed by atoms with Gasteiger partial charge in [0, 0.05) is 13.0 Å². The van der Waals surface area contributed by atoms with Crippen LogP contribution >= 0.6 is 0 Å². The third-order valence-electron chi connectivity index (χ3n) is 4.22. The number of hydrogen-bond donors (Lipinski definition) is 1. The molecule has 0 aromatic heterocycles. The minimum absolute atomic E-state index is 0.0233. The van der Waals surface area contributed by atoms with Gasteiger partial charge in [-0.05, 0) is 18.1 Å². The van der Waals surface area contributed by atoms with Crippen molar-refractivity contribution in [3.05, 3.63) is 71.8 Å². The van der Waals surface area contributed by atoms with Gasteiger partial charge in [-0.15, -0.1) is 0 Å². The largest absolute Gasteiger partial charge is 0.342 e. The van der Waals surface area contributed by atoms with Crippen LogP contribution in [0.1, 0.15) is 18.1 Å². The van der Waals surface area contributed by atoms with E-state index >= 15 is 0 Å². The van der Waals surface area contributed by atoms with Crippen molar-refractivity contribution >= 4 is 11.8 Å². The Bertz CT molecular complexity index is 685. The average molecular weight is 308 g/mol. The predicted octanol–water partition coefficient (Wildman–Crippen LogP) is 2.14. The van der Waals surface area contributed by atoms with Crippen molar-refractivity contribution in [3.63, 3.8) is 0 Å². The van der Waals surface area contributed by atoms with E-state index in [1.165, 1.54) is 0 Å². The van der Waals surface area contributed by atoms with Gasteiger partial charge in [-0.25, -0.2) is 0 Å². The van der Waals surface area contributed by atoms with Gasteiger partial charge >= 0.3 is 0 Å². The summed E-state index contributed by atoms with van der Waals surface area (Å²) in [5.41, 5.74) is 2.07. The van der Waals surface area contributed by atoms with E-state index in [1.54, 1.807) is 11.8 Å². The Morgan fingerprint density at radius 3 is 2.09 bits per heavy atom. The summed E-state index contributed by atoms with van der Waals surface area (Å²) in [7, 11) is 0. The fourth-order valence-electron chi connectivity index (χ4n) is 2.87. The Balaban J connectivity index is 1.78. The van der Waals surface area contributed by atoms with Crippen molar-refractivity contribution < 1.29 is 9.59 Å².